The van der Waals surface area contributed by atoms with Crippen LogP contribution in [-0.4, -0.2) is 62.9 Å². The van der Waals surface area contributed by atoms with Crippen LogP contribution < -0.4 is 5.73 Å². The molecule has 144 valence electrons. The van der Waals surface area contributed by atoms with Gasteiger partial charge in [-0.25, -0.2) is 4.98 Å². The van der Waals surface area contributed by atoms with Gasteiger partial charge in [0.2, 0.25) is 11.9 Å². The number of benzene rings is 1. The minimum absolute atomic E-state index is 0.0208. The zero-order chi connectivity index (χ0) is 19.4. The minimum atomic E-state index is -0.139. The topological polar surface area (TPSA) is 114 Å². The molecule has 0 atom stereocenters. The number of nitrogen functional groups attached to an aromatic ring is 1. The molecule has 2 aromatic rings. The number of thioether (sulfide) groups is 1. The molecule has 1 aromatic heterocycles. The lowest BCUT2D eigenvalue weighted by Crippen LogP contribution is -2.40. The van der Waals surface area contributed by atoms with Crippen LogP contribution in [0.15, 0.2) is 17.3 Å². The maximum atomic E-state index is 12.2. The van der Waals surface area contributed by atoms with E-state index in [-0.39, 0.29) is 33.5 Å². The predicted octanol–water partition coefficient (Wildman–Crippen LogP) is 2.47. The van der Waals surface area contributed by atoms with E-state index in [0.29, 0.717) is 49.2 Å². The molecule has 3 N–H and O–H groups in total. The number of ether oxygens (including phenoxy) is 1. The number of hydrogen-bond donors (Lipinski definition) is 2. The van der Waals surface area contributed by atoms with Crippen molar-refractivity contribution in [2.24, 2.45) is 0 Å². The third-order valence-corrected chi connectivity index (χ3v) is 5.28. The second-order valence-corrected chi connectivity index (χ2v) is 7.55. The highest BCUT2D eigenvalue weighted by molar-refractivity contribution is 7.99. The number of nitrogens with two attached hydrogens (primary N) is 1. The van der Waals surface area contributed by atoms with E-state index >= 15 is 0 Å². The van der Waals surface area contributed by atoms with E-state index in [0.717, 1.165) is 0 Å². The van der Waals surface area contributed by atoms with Crippen molar-refractivity contribution in [2.45, 2.75) is 11.6 Å². The lowest BCUT2D eigenvalue weighted by Gasteiger charge is -2.26. The largest absolute Gasteiger partial charge is 0.506 e. The van der Waals surface area contributed by atoms with Crippen molar-refractivity contribution < 1.29 is 14.6 Å². The van der Waals surface area contributed by atoms with Gasteiger partial charge in [0.1, 0.15) is 5.75 Å². The summed E-state index contributed by atoms with van der Waals surface area (Å²) in [6.45, 7) is 2.37. The molecule has 0 radical (unpaired) electrons. The van der Waals surface area contributed by atoms with Crippen molar-refractivity contribution in [1.29, 1.82) is 0 Å². The molecule has 1 aromatic carbocycles. The molecule has 1 aliphatic rings. The number of phenols is 1. The Hall–Kier alpha value is -1.81. The lowest BCUT2D eigenvalue weighted by molar-refractivity contribution is -0.134. The number of anilines is 1. The number of carbonyl (C=O) groups is 1. The number of aromatic hydroxyl groups is 1. The summed E-state index contributed by atoms with van der Waals surface area (Å²) in [4.78, 5) is 26.4. The fourth-order valence-corrected chi connectivity index (χ4v) is 3.70. The van der Waals surface area contributed by atoms with Crippen molar-refractivity contribution in [3.05, 3.63) is 22.2 Å². The molecule has 27 heavy (non-hydrogen) atoms. The van der Waals surface area contributed by atoms with Gasteiger partial charge in [-0.3, -0.25) is 4.79 Å². The second kappa shape index (κ2) is 8.92. The number of hydrogen-bond acceptors (Lipinski definition) is 8. The van der Waals surface area contributed by atoms with Crippen LogP contribution in [0.3, 0.4) is 0 Å². The number of carbonyl (C=O) groups excluding carboxylic acids is 1. The van der Waals surface area contributed by atoms with E-state index < -0.39 is 0 Å². The number of morpholine rings is 1. The Kier molecular flexibility index (Phi) is 6.59. The van der Waals surface area contributed by atoms with Gasteiger partial charge in [0.25, 0.3) is 0 Å². The molecule has 8 nitrogen and oxygen atoms in total. The molecule has 11 heteroatoms. The van der Waals surface area contributed by atoms with Gasteiger partial charge >= 0.3 is 0 Å². The molecule has 3 rings (SSSR count). The summed E-state index contributed by atoms with van der Waals surface area (Å²) < 4.78 is 5.24. The van der Waals surface area contributed by atoms with Gasteiger partial charge < -0.3 is 20.5 Å². The molecule has 0 bridgehead atoms. The van der Waals surface area contributed by atoms with Crippen LogP contribution in [0.1, 0.15) is 6.42 Å². The van der Waals surface area contributed by atoms with Crippen LogP contribution in [-0.2, 0) is 9.53 Å². The van der Waals surface area contributed by atoms with E-state index in [1.165, 1.54) is 23.9 Å². The molecule has 1 saturated heterocycles. The fourth-order valence-electron chi connectivity index (χ4n) is 2.47. The number of aromatic nitrogens is 3. The second-order valence-electron chi connectivity index (χ2n) is 5.67. The molecule has 1 amide bonds. The van der Waals surface area contributed by atoms with Gasteiger partial charge in [-0.05, 0) is 12.1 Å². The minimum Gasteiger partial charge on any atom is -0.506 e. The van der Waals surface area contributed by atoms with Crippen LogP contribution in [0.4, 0.5) is 5.95 Å². The third-order valence-electron chi connectivity index (χ3n) is 3.82. The third kappa shape index (κ3) is 5.13. The van der Waals surface area contributed by atoms with Crippen molar-refractivity contribution in [1.82, 2.24) is 19.9 Å². The van der Waals surface area contributed by atoms with Crippen LogP contribution in [0, 0.1) is 0 Å². The first-order chi connectivity index (χ1) is 12.9. The standard InChI is InChI=1S/C16H17Cl2N5O3S/c17-10-8-11(18)12(24)7-9(10)14-20-15(19)22-16(21-14)27-6-1-13(25)23-2-4-26-5-3-23/h7-8,24H,1-6H2,(H2,19,20,21,22). The number of nitrogens with zero attached hydrogens (tertiary/aromatic N) is 4. The molecule has 0 spiro atoms. The van der Waals surface area contributed by atoms with E-state index in [9.17, 15) is 9.90 Å². The van der Waals surface area contributed by atoms with Crippen LogP contribution in [0.25, 0.3) is 11.4 Å². The summed E-state index contributed by atoms with van der Waals surface area (Å²) in [6.07, 6.45) is 0.355. The molecule has 0 saturated carbocycles. The Morgan fingerprint density at radius 2 is 1.96 bits per heavy atom. The molecular formula is C16H17Cl2N5O3S. The maximum absolute atomic E-state index is 12.2. The van der Waals surface area contributed by atoms with E-state index in [4.69, 9.17) is 33.7 Å². The van der Waals surface area contributed by atoms with Crippen molar-refractivity contribution in [3.63, 3.8) is 0 Å². The Labute approximate surface area is 170 Å². The van der Waals surface area contributed by atoms with E-state index in [1.807, 2.05) is 0 Å². The maximum Gasteiger partial charge on any atom is 0.224 e. The van der Waals surface area contributed by atoms with Crippen LogP contribution in [0.2, 0.25) is 10.0 Å². The Bertz CT molecular complexity index is 849. The summed E-state index contributed by atoms with van der Waals surface area (Å²) in [5.74, 6) is 0.673. The van der Waals surface area contributed by atoms with E-state index in [2.05, 4.69) is 15.0 Å². The summed E-state index contributed by atoms with van der Waals surface area (Å²) in [5.41, 5.74) is 6.15. The highest BCUT2D eigenvalue weighted by Gasteiger charge is 2.17. The molecule has 1 fully saturated rings. The predicted molar refractivity (Wildman–Crippen MR) is 104 cm³/mol. The highest BCUT2D eigenvalue weighted by atomic mass is 35.5. The van der Waals surface area contributed by atoms with Gasteiger partial charge in [0.05, 0.1) is 23.3 Å². The highest BCUT2D eigenvalue weighted by Crippen LogP contribution is 2.35. The van der Waals surface area contributed by atoms with Gasteiger partial charge in [-0.15, -0.1) is 0 Å². The number of amides is 1. The quantitative estimate of drug-likeness (QED) is 0.696. The SMILES string of the molecule is Nc1nc(SCCC(=O)N2CCOCC2)nc(-c2cc(O)c(Cl)cc2Cl)n1. The number of halogens is 2. The van der Waals surface area contributed by atoms with Crippen molar-refractivity contribution in [3.8, 4) is 17.1 Å². The van der Waals surface area contributed by atoms with Crippen molar-refractivity contribution in [2.75, 3.05) is 37.8 Å². The Morgan fingerprint density at radius 1 is 1.22 bits per heavy atom. The van der Waals surface area contributed by atoms with Gasteiger partial charge in [0.15, 0.2) is 11.0 Å². The molecule has 0 unspecified atom stereocenters. The summed E-state index contributed by atoms with van der Waals surface area (Å²) in [7, 11) is 0. The van der Waals surface area contributed by atoms with Crippen LogP contribution >= 0.6 is 35.0 Å². The fraction of sp³-hybridized carbons (Fsp3) is 0.375. The summed E-state index contributed by atoms with van der Waals surface area (Å²) in [5, 5.41) is 10.6. The first-order valence-corrected chi connectivity index (χ1v) is 9.86. The smallest absolute Gasteiger partial charge is 0.224 e. The van der Waals surface area contributed by atoms with Crippen molar-refractivity contribution >= 4 is 46.8 Å². The first kappa shape index (κ1) is 19.9. The zero-order valence-corrected chi connectivity index (χ0v) is 16.5. The lowest BCUT2D eigenvalue weighted by atomic mass is 10.2. The van der Waals surface area contributed by atoms with Gasteiger partial charge in [-0.1, -0.05) is 35.0 Å². The first-order valence-electron chi connectivity index (χ1n) is 8.12. The average Bonchev–Trinajstić information content (AvgIpc) is 2.65. The van der Waals surface area contributed by atoms with Gasteiger partial charge in [0, 0.05) is 30.8 Å². The molecular weight excluding hydrogens is 413 g/mol. The zero-order valence-electron chi connectivity index (χ0n) is 14.2. The molecule has 1 aliphatic heterocycles. The number of rotatable bonds is 5. The monoisotopic (exact) mass is 429 g/mol. The normalized spacial score (nSPS) is 14.4. The van der Waals surface area contributed by atoms with E-state index in [1.54, 1.807) is 4.90 Å². The Morgan fingerprint density at radius 3 is 2.70 bits per heavy atom. The number of phenolic OH excluding ortho intramolecular Hbond substituents is 1. The summed E-state index contributed by atoms with van der Waals surface area (Å²) >= 11 is 13.3. The van der Waals surface area contributed by atoms with Crippen LogP contribution in [0.5, 0.6) is 5.75 Å². The molecule has 0 aliphatic carbocycles. The van der Waals surface area contributed by atoms with Gasteiger partial charge in [-0.2, -0.15) is 9.97 Å². The molecule has 2 heterocycles. The summed E-state index contributed by atoms with van der Waals surface area (Å²) in [6, 6.07) is 2.78. The average molecular weight is 430 g/mol. The Balaban J connectivity index is 1.68.